The van der Waals surface area contributed by atoms with Gasteiger partial charge in [-0.1, -0.05) is 55.8 Å². The highest BCUT2D eigenvalue weighted by Gasteiger charge is 2.10. The van der Waals surface area contributed by atoms with Gasteiger partial charge in [-0.15, -0.1) is 0 Å². The Kier molecular flexibility index (Phi) is 6.10. The van der Waals surface area contributed by atoms with Gasteiger partial charge < -0.3 is 9.15 Å². The van der Waals surface area contributed by atoms with Crippen LogP contribution in [0.25, 0.3) is 11.3 Å². The predicted octanol–water partition coefficient (Wildman–Crippen LogP) is 6.78. The maximum atomic E-state index is 6.02. The molecule has 2 aromatic carbocycles. The molecule has 1 heterocycles. The van der Waals surface area contributed by atoms with Crippen LogP contribution >= 0.6 is 11.8 Å². The zero-order valence-electron chi connectivity index (χ0n) is 15.9. The van der Waals surface area contributed by atoms with Gasteiger partial charge in [-0.05, 0) is 42.9 Å². The van der Waals surface area contributed by atoms with E-state index in [1.165, 1.54) is 11.1 Å². The van der Waals surface area contributed by atoms with E-state index in [0.29, 0.717) is 11.9 Å². The Morgan fingerprint density at radius 2 is 1.77 bits per heavy atom. The second-order valence-electron chi connectivity index (χ2n) is 6.85. The molecule has 2 nitrogen and oxygen atoms in total. The van der Waals surface area contributed by atoms with Crippen LogP contribution in [-0.4, -0.2) is 5.25 Å². The summed E-state index contributed by atoms with van der Waals surface area (Å²) in [5.74, 6) is 3.72. The number of thioether (sulfide) groups is 1. The Hall–Kier alpha value is -2.13. The molecule has 0 bridgehead atoms. The van der Waals surface area contributed by atoms with Gasteiger partial charge in [0.25, 0.3) is 0 Å². The molecule has 0 unspecified atom stereocenters. The van der Waals surface area contributed by atoms with Crippen molar-refractivity contribution in [2.45, 2.75) is 45.3 Å². The lowest BCUT2D eigenvalue weighted by molar-refractivity contribution is 0.303. The molecular formula is C23H26O2S. The number of aryl methyl sites for hydroxylation is 2. The van der Waals surface area contributed by atoms with Crippen LogP contribution in [-0.2, 0) is 12.4 Å². The van der Waals surface area contributed by atoms with Crippen LogP contribution in [0.5, 0.6) is 5.75 Å². The van der Waals surface area contributed by atoms with Crippen LogP contribution in [0, 0.1) is 13.8 Å². The van der Waals surface area contributed by atoms with Crippen LogP contribution in [0.15, 0.2) is 59.0 Å². The third-order valence-electron chi connectivity index (χ3n) is 4.23. The summed E-state index contributed by atoms with van der Waals surface area (Å²) in [5, 5.41) is 0.633. The Morgan fingerprint density at radius 3 is 2.50 bits per heavy atom. The summed E-state index contributed by atoms with van der Waals surface area (Å²) in [6.07, 6.45) is 0. The van der Waals surface area contributed by atoms with E-state index >= 15 is 0 Å². The first-order valence-electron chi connectivity index (χ1n) is 9.01. The first-order valence-corrected chi connectivity index (χ1v) is 10.1. The van der Waals surface area contributed by atoms with Crippen molar-refractivity contribution in [1.29, 1.82) is 0 Å². The Balaban J connectivity index is 1.66. The van der Waals surface area contributed by atoms with E-state index in [9.17, 15) is 0 Å². The van der Waals surface area contributed by atoms with Crippen molar-refractivity contribution in [2.24, 2.45) is 0 Å². The average molecular weight is 367 g/mol. The number of hydrogen-bond acceptors (Lipinski definition) is 3. The van der Waals surface area contributed by atoms with Crippen LogP contribution in [0.3, 0.4) is 0 Å². The van der Waals surface area contributed by atoms with Gasteiger partial charge in [-0.25, -0.2) is 0 Å². The van der Waals surface area contributed by atoms with Crippen molar-refractivity contribution in [3.05, 3.63) is 77.0 Å². The molecule has 0 fully saturated rings. The van der Waals surface area contributed by atoms with Crippen molar-refractivity contribution in [3.63, 3.8) is 0 Å². The number of hydrogen-bond donors (Lipinski definition) is 0. The van der Waals surface area contributed by atoms with E-state index in [2.05, 4.69) is 69.3 Å². The topological polar surface area (TPSA) is 22.4 Å². The van der Waals surface area contributed by atoms with Crippen molar-refractivity contribution in [3.8, 4) is 17.1 Å². The highest BCUT2D eigenvalue weighted by Crippen LogP contribution is 2.27. The second-order valence-corrected chi connectivity index (χ2v) is 8.42. The molecule has 136 valence electrons. The third-order valence-corrected chi connectivity index (χ3v) is 5.40. The molecule has 1 aromatic heterocycles. The first-order chi connectivity index (χ1) is 12.5. The third kappa shape index (κ3) is 4.95. The van der Waals surface area contributed by atoms with Crippen molar-refractivity contribution < 1.29 is 9.15 Å². The van der Waals surface area contributed by atoms with Crippen LogP contribution in [0.1, 0.15) is 36.3 Å². The lowest BCUT2D eigenvalue weighted by atomic mass is 10.1. The van der Waals surface area contributed by atoms with Gasteiger partial charge in [0.15, 0.2) is 0 Å². The smallest absolute Gasteiger partial charge is 0.134 e. The molecule has 0 aliphatic carbocycles. The molecule has 0 aliphatic heterocycles. The zero-order valence-corrected chi connectivity index (χ0v) is 16.7. The summed E-state index contributed by atoms with van der Waals surface area (Å²) in [6, 6.07) is 18.8. The van der Waals surface area contributed by atoms with Gasteiger partial charge in [0.2, 0.25) is 0 Å². The van der Waals surface area contributed by atoms with E-state index in [4.69, 9.17) is 9.15 Å². The molecule has 3 heteroatoms. The monoisotopic (exact) mass is 366 g/mol. The van der Waals surface area contributed by atoms with E-state index in [0.717, 1.165) is 34.1 Å². The predicted molar refractivity (Wildman–Crippen MR) is 111 cm³/mol. The Labute approximate surface area is 160 Å². The molecule has 0 radical (unpaired) electrons. The fourth-order valence-corrected chi connectivity index (χ4v) is 3.38. The number of rotatable bonds is 7. The van der Waals surface area contributed by atoms with E-state index in [1.807, 2.05) is 24.8 Å². The van der Waals surface area contributed by atoms with E-state index in [1.54, 1.807) is 0 Å². The van der Waals surface area contributed by atoms with Crippen LogP contribution in [0.4, 0.5) is 0 Å². The van der Waals surface area contributed by atoms with Crippen LogP contribution < -0.4 is 4.74 Å². The fourth-order valence-electron chi connectivity index (χ4n) is 2.67. The summed E-state index contributed by atoms with van der Waals surface area (Å²) < 4.78 is 12.0. The summed E-state index contributed by atoms with van der Waals surface area (Å²) >= 11 is 1.94. The molecule has 0 saturated carbocycles. The van der Waals surface area contributed by atoms with Gasteiger partial charge in [0.05, 0.1) is 0 Å². The number of ether oxygens (including phenoxy) is 1. The normalized spacial score (nSPS) is 11.1. The molecule has 0 atom stereocenters. The average Bonchev–Trinajstić information content (AvgIpc) is 3.00. The molecule has 0 N–H and O–H groups in total. The van der Waals surface area contributed by atoms with Crippen molar-refractivity contribution in [2.75, 3.05) is 0 Å². The highest BCUT2D eigenvalue weighted by atomic mass is 32.2. The summed E-state index contributed by atoms with van der Waals surface area (Å²) in [4.78, 5) is 0. The van der Waals surface area contributed by atoms with Gasteiger partial charge >= 0.3 is 0 Å². The van der Waals surface area contributed by atoms with Crippen molar-refractivity contribution in [1.82, 2.24) is 0 Å². The molecule has 3 aromatic rings. The standard InChI is InChI=1S/C23H26O2S/c1-16(2)26-15-19-6-5-7-22(12-19)24-14-21-13-23(25-18(21)4)20-10-8-17(3)9-11-20/h5-13,16H,14-15H2,1-4H3. The Morgan fingerprint density at radius 1 is 1.00 bits per heavy atom. The fraction of sp³-hybridized carbons (Fsp3) is 0.304. The largest absolute Gasteiger partial charge is 0.489 e. The molecule has 26 heavy (non-hydrogen) atoms. The van der Waals surface area contributed by atoms with Gasteiger partial charge in [0, 0.05) is 16.9 Å². The second kappa shape index (κ2) is 8.50. The number of furan rings is 1. The number of benzene rings is 2. The molecule has 3 rings (SSSR count). The molecule has 0 saturated heterocycles. The lowest BCUT2D eigenvalue weighted by Gasteiger charge is -2.08. The van der Waals surface area contributed by atoms with E-state index in [-0.39, 0.29) is 0 Å². The summed E-state index contributed by atoms with van der Waals surface area (Å²) in [6.45, 7) is 9.04. The van der Waals surface area contributed by atoms with Crippen LogP contribution in [0.2, 0.25) is 0 Å². The Bertz CT molecular complexity index is 847. The SMILES string of the molecule is Cc1ccc(-c2cc(COc3cccc(CSC(C)C)c3)c(C)o2)cc1. The van der Waals surface area contributed by atoms with Gasteiger partial charge in [0.1, 0.15) is 23.9 Å². The van der Waals surface area contributed by atoms with Gasteiger partial charge in [-0.3, -0.25) is 0 Å². The molecule has 0 spiro atoms. The first kappa shape index (κ1) is 18.7. The summed E-state index contributed by atoms with van der Waals surface area (Å²) in [5.41, 5.74) is 4.72. The quantitative estimate of drug-likeness (QED) is 0.460. The molecule has 0 amide bonds. The van der Waals surface area contributed by atoms with Crippen molar-refractivity contribution >= 4 is 11.8 Å². The minimum Gasteiger partial charge on any atom is -0.489 e. The minimum absolute atomic E-state index is 0.516. The van der Waals surface area contributed by atoms with Gasteiger partial charge in [-0.2, -0.15) is 11.8 Å². The minimum atomic E-state index is 0.516. The maximum Gasteiger partial charge on any atom is 0.134 e. The summed E-state index contributed by atoms with van der Waals surface area (Å²) in [7, 11) is 0. The maximum absolute atomic E-state index is 6.02. The molecular weight excluding hydrogens is 340 g/mol. The molecule has 0 aliphatic rings. The zero-order chi connectivity index (χ0) is 18.5. The lowest BCUT2D eigenvalue weighted by Crippen LogP contribution is -1.96. The highest BCUT2D eigenvalue weighted by molar-refractivity contribution is 7.99. The van der Waals surface area contributed by atoms with E-state index < -0.39 is 0 Å².